The molecule has 0 radical (unpaired) electrons. The van der Waals surface area contributed by atoms with Crippen LogP contribution in [0.25, 0.3) is 22.2 Å². The molecular formula is C27H18N4O3. The molecule has 0 aliphatic rings. The number of rotatable bonds is 5. The maximum absolute atomic E-state index is 12.5. The number of hydrogen-bond acceptors (Lipinski definition) is 5. The van der Waals surface area contributed by atoms with Crippen LogP contribution in [0.5, 0.6) is 17.2 Å². The van der Waals surface area contributed by atoms with Gasteiger partial charge in [0.15, 0.2) is 0 Å². The molecule has 0 aliphatic carbocycles. The fourth-order valence-electron chi connectivity index (χ4n) is 3.58. The lowest BCUT2D eigenvalue weighted by atomic mass is 10.1. The Morgan fingerprint density at radius 2 is 1.82 bits per heavy atom. The van der Waals surface area contributed by atoms with Crippen LogP contribution in [0.2, 0.25) is 0 Å². The summed E-state index contributed by atoms with van der Waals surface area (Å²) in [6.07, 6.45) is 3.25. The highest BCUT2D eigenvalue weighted by atomic mass is 16.5. The van der Waals surface area contributed by atoms with Crippen LogP contribution in [0.15, 0.2) is 91.3 Å². The third kappa shape index (κ3) is 4.16. The first kappa shape index (κ1) is 20.8. The molecule has 2 aromatic heterocycles. The predicted octanol–water partition coefficient (Wildman–Crippen LogP) is 5.85. The number of anilines is 1. The SMILES string of the molecule is N#Cc1cc2c(Oc3ccc(-c4cc(C(=O)Nc5ccccc5)c[nH]4)cc3)ccnc2cc1O. The van der Waals surface area contributed by atoms with Crippen molar-refractivity contribution in [1.29, 1.82) is 5.26 Å². The number of aromatic amines is 1. The maximum atomic E-state index is 12.5. The Morgan fingerprint density at radius 1 is 1.03 bits per heavy atom. The minimum atomic E-state index is -0.194. The fourth-order valence-corrected chi connectivity index (χ4v) is 3.58. The van der Waals surface area contributed by atoms with Crippen molar-refractivity contribution in [2.75, 3.05) is 5.32 Å². The second kappa shape index (κ2) is 8.81. The summed E-state index contributed by atoms with van der Waals surface area (Å²) in [7, 11) is 0. The molecule has 0 unspecified atom stereocenters. The molecule has 3 aromatic carbocycles. The van der Waals surface area contributed by atoms with Crippen molar-refractivity contribution in [2.45, 2.75) is 0 Å². The van der Waals surface area contributed by atoms with Crippen LogP contribution >= 0.6 is 0 Å². The number of para-hydroxylation sites is 1. The Kier molecular flexibility index (Phi) is 5.38. The zero-order valence-electron chi connectivity index (χ0n) is 17.8. The van der Waals surface area contributed by atoms with E-state index in [-0.39, 0.29) is 17.2 Å². The van der Waals surface area contributed by atoms with Crippen molar-refractivity contribution in [2.24, 2.45) is 0 Å². The van der Waals surface area contributed by atoms with E-state index in [1.54, 1.807) is 30.6 Å². The zero-order chi connectivity index (χ0) is 23.5. The number of fused-ring (bicyclic) bond motifs is 1. The number of ether oxygens (including phenoxy) is 1. The van der Waals surface area contributed by atoms with Crippen LogP contribution in [0.4, 0.5) is 5.69 Å². The average molecular weight is 446 g/mol. The number of carbonyl (C=O) groups is 1. The summed E-state index contributed by atoms with van der Waals surface area (Å²) in [6.45, 7) is 0. The number of phenolic OH excluding ortho intramolecular Hbond substituents is 1. The first-order chi connectivity index (χ1) is 16.6. The fraction of sp³-hybridized carbons (Fsp3) is 0. The number of hydrogen-bond donors (Lipinski definition) is 3. The monoisotopic (exact) mass is 446 g/mol. The molecule has 34 heavy (non-hydrogen) atoms. The Labute approximate surface area is 194 Å². The van der Waals surface area contributed by atoms with Crippen molar-refractivity contribution in [1.82, 2.24) is 9.97 Å². The maximum Gasteiger partial charge on any atom is 0.257 e. The summed E-state index contributed by atoms with van der Waals surface area (Å²) >= 11 is 0. The lowest BCUT2D eigenvalue weighted by Gasteiger charge is -2.10. The van der Waals surface area contributed by atoms with E-state index in [1.807, 2.05) is 60.7 Å². The van der Waals surface area contributed by atoms with E-state index in [0.29, 0.717) is 28.0 Å². The number of phenols is 1. The van der Waals surface area contributed by atoms with Crippen LogP contribution in [0.1, 0.15) is 15.9 Å². The lowest BCUT2D eigenvalue weighted by Crippen LogP contribution is -2.10. The summed E-state index contributed by atoms with van der Waals surface area (Å²) in [5, 5.41) is 22.6. The molecule has 0 atom stereocenters. The van der Waals surface area contributed by atoms with E-state index in [4.69, 9.17) is 4.74 Å². The molecule has 0 saturated heterocycles. The molecule has 0 fully saturated rings. The van der Waals surface area contributed by atoms with Crippen molar-refractivity contribution >= 4 is 22.5 Å². The largest absolute Gasteiger partial charge is 0.506 e. The van der Waals surface area contributed by atoms with E-state index in [9.17, 15) is 15.2 Å². The number of aromatic nitrogens is 2. The number of nitrogens with zero attached hydrogens (tertiary/aromatic N) is 2. The van der Waals surface area contributed by atoms with Gasteiger partial charge in [0.2, 0.25) is 0 Å². The Morgan fingerprint density at radius 3 is 2.59 bits per heavy atom. The van der Waals surface area contributed by atoms with E-state index < -0.39 is 0 Å². The third-order valence-electron chi connectivity index (χ3n) is 5.31. The van der Waals surface area contributed by atoms with Crippen molar-refractivity contribution in [3.8, 4) is 34.6 Å². The molecule has 2 heterocycles. The van der Waals surface area contributed by atoms with Gasteiger partial charge in [0.05, 0.1) is 16.6 Å². The molecular weight excluding hydrogens is 428 g/mol. The summed E-state index contributed by atoms with van der Waals surface area (Å²) in [6, 6.07) is 25.2. The van der Waals surface area contributed by atoms with Gasteiger partial charge in [-0.05, 0) is 60.2 Å². The number of H-pyrrole nitrogens is 1. The van der Waals surface area contributed by atoms with Crippen molar-refractivity contribution in [3.63, 3.8) is 0 Å². The highest BCUT2D eigenvalue weighted by molar-refractivity contribution is 6.04. The Bertz CT molecular complexity index is 1530. The molecule has 1 amide bonds. The second-order valence-electron chi connectivity index (χ2n) is 7.56. The Hall–Kier alpha value is -5.09. The molecule has 7 heteroatoms. The van der Waals surface area contributed by atoms with Crippen LogP contribution in [0.3, 0.4) is 0 Å². The minimum Gasteiger partial charge on any atom is -0.506 e. The van der Waals surface area contributed by atoms with E-state index in [1.165, 1.54) is 6.07 Å². The molecule has 0 spiro atoms. The van der Waals surface area contributed by atoms with Gasteiger partial charge in [0.1, 0.15) is 23.3 Å². The van der Waals surface area contributed by atoms with E-state index in [0.717, 1.165) is 16.9 Å². The second-order valence-corrected chi connectivity index (χ2v) is 7.56. The summed E-state index contributed by atoms with van der Waals surface area (Å²) in [5.74, 6) is 0.804. The summed E-state index contributed by atoms with van der Waals surface area (Å²) in [4.78, 5) is 19.9. The molecule has 5 aromatic rings. The van der Waals surface area contributed by atoms with E-state index in [2.05, 4.69) is 15.3 Å². The molecule has 0 aliphatic heterocycles. The van der Waals surface area contributed by atoms with Gasteiger partial charge in [-0.15, -0.1) is 0 Å². The van der Waals surface area contributed by atoms with Gasteiger partial charge in [-0.25, -0.2) is 0 Å². The van der Waals surface area contributed by atoms with Crippen LogP contribution in [0, 0.1) is 11.3 Å². The number of nitrogens with one attached hydrogen (secondary N) is 2. The van der Waals surface area contributed by atoms with Gasteiger partial charge in [0.25, 0.3) is 5.91 Å². The van der Waals surface area contributed by atoms with Gasteiger partial charge >= 0.3 is 0 Å². The number of carbonyl (C=O) groups excluding carboxylic acids is 1. The number of pyridine rings is 1. The molecule has 0 saturated carbocycles. The van der Waals surface area contributed by atoms with Gasteiger partial charge in [-0.1, -0.05) is 18.2 Å². The molecule has 3 N–H and O–H groups in total. The van der Waals surface area contributed by atoms with E-state index >= 15 is 0 Å². The predicted molar refractivity (Wildman–Crippen MR) is 129 cm³/mol. The van der Waals surface area contributed by atoms with Crippen LogP contribution in [-0.4, -0.2) is 21.0 Å². The summed E-state index contributed by atoms with van der Waals surface area (Å²) in [5.41, 5.74) is 3.63. The standard InChI is InChI=1S/C27H18N4O3/c28-15-18-12-22-24(14-25(18)32)29-11-10-26(22)34-21-8-6-17(7-9-21)23-13-19(16-30-23)27(33)31-20-4-2-1-3-5-20/h1-14,16,30,32H,(H,31,33). The Balaban J connectivity index is 1.34. The molecule has 5 rings (SSSR count). The third-order valence-corrected chi connectivity index (χ3v) is 5.31. The van der Waals surface area contributed by atoms with Gasteiger partial charge in [0, 0.05) is 35.2 Å². The lowest BCUT2D eigenvalue weighted by molar-refractivity contribution is 0.102. The molecule has 7 nitrogen and oxygen atoms in total. The van der Waals surface area contributed by atoms with Gasteiger partial charge in [-0.3, -0.25) is 9.78 Å². The van der Waals surface area contributed by atoms with Crippen LogP contribution in [-0.2, 0) is 0 Å². The average Bonchev–Trinajstić information content (AvgIpc) is 3.35. The molecule has 164 valence electrons. The minimum absolute atomic E-state index is 0.119. The number of aromatic hydroxyl groups is 1. The molecule has 0 bridgehead atoms. The number of amides is 1. The van der Waals surface area contributed by atoms with Gasteiger partial charge < -0.3 is 20.1 Å². The van der Waals surface area contributed by atoms with Crippen LogP contribution < -0.4 is 10.1 Å². The first-order valence-electron chi connectivity index (χ1n) is 10.5. The number of nitriles is 1. The zero-order valence-corrected chi connectivity index (χ0v) is 17.8. The highest BCUT2D eigenvalue weighted by Gasteiger charge is 2.12. The quantitative estimate of drug-likeness (QED) is 0.313. The highest BCUT2D eigenvalue weighted by Crippen LogP contribution is 2.33. The number of benzene rings is 3. The first-order valence-corrected chi connectivity index (χ1v) is 10.5. The van der Waals surface area contributed by atoms with Crippen molar-refractivity contribution < 1.29 is 14.6 Å². The van der Waals surface area contributed by atoms with Crippen molar-refractivity contribution in [3.05, 3.63) is 102 Å². The normalized spacial score (nSPS) is 10.6. The summed E-state index contributed by atoms with van der Waals surface area (Å²) < 4.78 is 6.03. The topological polar surface area (TPSA) is 111 Å². The van der Waals surface area contributed by atoms with Gasteiger partial charge in [-0.2, -0.15) is 5.26 Å². The smallest absolute Gasteiger partial charge is 0.257 e.